The first-order valence-electron chi connectivity index (χ1n) is 13.7. The Morgan fingerprint density at radius 3 is 2.17 bits per heavy atom. The number of rotatable bonds is 6. The van der Waals surface area contributed by atoms with Crippen molar-refractivity contribution in [2.75, 3.05) is 26.2 Å². The minimum atomic E-state index is -3.50. The van der Waals surface area contributed by atoms with Gasteiger partial charge in [-0.2, -0.15) is 4.31 Å². The first kappa shape index (κ1) is 26.4. The van der Waals surface area contributed by atoms with Crippen LogP contribution in [0.1, 0.15) is 22.4 Å². The molecule has 2 aromatic heterocycles. The zero-order valence-electron chi connectivity index (χ0n) is 23.2. The molecule has 0 spiro atoms. The van der Waals surface area contributed by atoms with E-state index in [0.29, 0.717) is 37.6 Å². The minimum absolute atomic E-state index is 0.360. The molecule has 1 aliphatic rings. The summed E-state index contributed by atoms with van der Waals surface area (Å²) in [6.45, 7) is 9.14. The molecule has 0 aliphatic carbocycles. The molecule has 3 aromatic carbocycles. The van der Waals surface area contributed by atoms with E-state index in [1.54, 1.807) is 16.4 Å². The molecule has 40 heavy (non-hydrogen) atoms. The Morgan fingerprint density at radius 1 is 0.750 bits per heavy atom. The number of aromatic nitrogens is 2. The van der Waals surface area contributed by atoms with E-state index in [2.05, 4.69) is 71.8 Å². The normalized spacial score (nSPS) is 15.1. The van der Waals surface area contributed by atoms with Crippen molar-refractivity contribution >= 4 is 15.7 Å². The molecule has 0 amide bonds. The van der Waals surface area contributed by atoms with Crippen LogP contribution in [0.4, 0.5) is 0 Å². The lowest BCUT2D eigenvalue weighted by molar-refractivity contribution is 0.180. The van der Waals surface area contributed by atoms with Crippen LogP contribution in [-0.4, -0.2) is 53.2 Å². The number of pyridine rings is 1. The van der Waals surface area contributed by atoms with Crippen molar-refractivity contribution in [2.45, 2.75) is 32.2 Å². The van der Waals surface area contributed by atoms with E-state index in [4.69, 9.17) is 4.98 Å². The molecule has 6 nitrogen and oxygen atoms in total. The molecular formula is C33H34N4O2S. The second-order valence-electron chi connectivity index (χ2n) is 10.7. The van der Waals surface area contributed by atoms with E-state index in [1.165, 1.54) is 16.7 Å². The van der Waals surface area contributed by atoms with Gasteiger partial charge in [-0.3, -0.25) is 4.90 Å². The zero-order valence-corrected chi connectivity index (χ0v) is 24.0. The molecule has 1 aliphatic heterocycles. The fourth-order valence-electron chi connectivity index (χ4n) is 5.48. The van der Waals surface area contributed by atoms with Crippen LogP contribution in [-0.2, 0) is 16.6 Å². The van der Waals surface area contributed by atoms with Crippen molar-refractivity contribution in [3.63, 3.8) is 0 Å². The predicted octanol–water partition coefficient (Wildman–Crippen LogP) is 6.10. The Kier molecular flexibility index (Phi) is 7.04. The Bertz CT molecular complexity index is 1770. The van der Waals surface area contributed by atoms with Gasteiger partial charge in [-0.05, 0) is 61.7 Å². The highest BCUT2D eigenvalue weighted by Gasteiger charge is 2.29. The topological polar surface area (TPSA) is 57.9 Å². The summed E-state index contributed by atoms with van der Waals surface area (Å²) >= 11 is 0. The highest BCUT2D eigenvalue weighted by Crippen LogP contribution is 2.30. The smallest absolute Gasteiger partial charge is 0.243 e. The molecule has 5 aromatic rings. The predicted molar refractivity (Wildman–Crippen MR) is 161 cm³/mol. The van der Waals surface area contributed by atoms with Crippen molar-refractivity contribution in [1.29, 1.82) is 0 Å². The molecule has 0 saturated carbocycles. The van der Waals surface area contributed by atoms with Crippen LogP contribution in [0.15, 0.2) is 96.0 Å². The summed E-state index contributed by atoms with van der Waals surface area (Å²) in [6, 6.07) is 28.2. The van der Waals surface area contributed by atoms with Crippen molar-refractivity contribution in [3.8, 4) is 22.4 Å². The number of piperazine rings is 1. The van der Waals surface area contributed by atoms with Gasteiger partial charge in [-0.15, -0.1) is 0 Å². The van der Waals surface area contributed by atoms with Crippen LogP contribution >= 0.6 is 0 Å². The molecule has 0 radical (unpaired) electrons. The molecule has 0 atom stereocenters. The van der Waals surface area contributed by atoms with E-state index in [-0.39, 0.29) is 0 Å². The van der Waals surface area contributed by atoms with Crippen LogP contribution in [0.5, 0.6) is 0 Å². The number of fused-ring (bicyclic) bond motifs is 1. The van der Waals surface area contributed by atoms with Gasteiger partial charge < -0.3 is 4.40 Å². The summed E-state index contributed by atoms with van der Waals surface area (Å²) in [4.78, 5) is 7.75. The second-order valence-corrected chi connectivity index (χ2v) is 12.7. The lowest BCUT2D eigenvalue weighted by atomic mass is 10.00. The highest BCUT2D eigenvalue weighted by atomic mass is 32.2. The van der Waals surface area contributed by atoms with Crippen molar-refractivity contribution < 1.29 is 8.42 Å². The third kappa shape index (κ3) is 5.08. The molecular weight excluding hydrogens is 516 g/mol. The summed E-state index contributed by atoms with van der Waals surface area (Å²) in [5.74, 6) is 0. The summed E-state index contributed by atoms with van der Waals surface area (Å²) in [7, 11) is -3.50. The average Bonchev–Trinajstić information content (AvgIpc) is 3.33. The molecule has 6 rings (SSSR count). The maximum atomic E-state index is 13.3. The third-order valence-corrected chi connectivity index (χ3v) is 9.75. The summed E-state index contributed by atoms with van der Waals surface area (Å²) < 4.78 is 30.3. The van der Waals surface area contributed by atoms with Crippen LogP contribution in [0.25, 0.3) is 28.0 Å². The fourth-order valence-corrected chi connectivity index (χ4v) is 6.90. The van der Waals surface area contributed by atoms with Crippen LogP contribution in [0.3, 0.4) is 0 Å². The van der Waals surface area contributed by atoms with Gasteiger partial charge >= 0.3 is 0 Å². The van der Waals surface area contributed by atoms with E-state index < -0.39 is 10.0 Å². The summed E-state index contributed by atoms with van der Waals surface area (Å²) in [5, 5.41) is 0. The lowest BCUT2D eigenvalue weighted by Gasteiger charge is -2.34. The lowest BCUT2D eigenvalue weighted by Crippen LogP contribution is -2.48. The van der Waals surface area contributed by atoms with Crippen molar-refractivity contribution in [3.05, 3.63) is 114 Å². The van der Waals surface area contributed by atoms with Gasteiger partial charge in [0.05, 0.1) is 16.3 Å². The maximum Gasteiger partial charge on any atom is 0.243 e. The molecule has 3 heterocycles. The Morgan fingerprint density at radius 2 is 1.45 bits per heavy atom. The number of aryl methyl sites for hydroxylation is 3. The Balaban J connectivity index is 1.32. The number of hydrogen-bond donors (Lipinski definition) is 0. The SMILES string of the molecule is Cc1ccc(S(=O)(=O)N2CCN(Cc3c(-c4ccccc4)nc4ccc(-c5cc(C)ccc5C)cn34)CC2)cc1. The molecule has 0 unspecified atom stereocenters. The number of hydrogen-bond acceptors (Lipinski definition) is 4. The number of benzene rings is 3. The number of imidazole rings is 1. The quantitative estimate of drug-likeness (QED) is 0.256. The number of sulfonamides is 1. The first-order valence-corrected chi connectivity index (χ1v) is 15.2. The highest BCUT2D eigenvalue weighted by molar-refractivity contribution is 7.89. The zero-order chi connectivity index (χ0) is 27.9. The van der Waals surface area contributed by atoms with Gasteiger partial charge in [0.1, 0.15) is 5.65 Å². The fraction of sp³-hybridized carbons (Fsp3) is 0.242. The largest absolute Gasteiger partial charge is 0.301 e. The van der Waals surface area contributed by atoms with Crippen molar-refractivity contribution in [1.82, 2.24) is 18.6 Å². The first-order chi connectivity index (χ1) is 19.3. The molecule has 1 fully saturated rings. The summed E-state index contributed by atoms with van der Waals surface area (Å²) in [5.41, 5.74) is 9.96. The van der Waals surface area contributed by atoms with Gasteiger partial charge in [0.15, 0.2) is 0 Å². The van der Waals surface area contributed by atoms with Crippen molar-refractivity contribution in [2.24, 2.45) is 0 Å². The monoisotopic (exact) mass is 550 g/mol. The second kappa shape index (κ2) is 10.7. The van der Waals surface area contributed by atoms with Crippen LogP contribution in [0, 0.1) is 20.8 Å². The van der Waals surface area contributed by atoms with Crippen LogP contribution < -0.4 is 0 Å². The van der Waals surface area contributed by atoms with Gasteiger partial charge in [0, 0.05) is 44.5 Å². The van der Waals surface area contributed by atoms with Gasteiger partial charge in [-0.25, -0.2) is 13.4 Å². The molecule has 1 saturated heterocycles. The van der Waals surface area contributed by atoms with E-state index in [9.17, 15) is 8.42 Å². The maximum absolute atomic E-state index is 13.3. The standard InChI is InChI=1S/C33H34N4O2S/c1-24-10-14-29(15-11-24)40(38,39)36-19-17-35(18-20-36)23-31-33(27-7-5-4-6-8-27)34-32-16-13-28(22-37(31)32)30-21-25(2)9-12-26(30)3/h4-16,21-22H,17-20,23H2,1-3H3. The minimum Gasteiger partial charge on any atom is -0.301 e. The molecule has 0 N–H and O–H groups in total. The van der Waals surface area contributed by atoms with Gasteiger partial charge in [0.25, 0.3) is 0 Å². The van der Waals surface area contributed by atoms with Gasteiger partial charge in [0.2, 0.25) is 10.0 Å². The average molecular weight is 551 g/mol. The van der Waals surface area contributed by atoms with E-state index in [0.717, 1.165) is 33.7 Å². The molecule has 7 heteroatoms. The van der Waals surface area contributed by atoms with E-state index >= 15 is 0 Å². The molecule has 204 valence electrons. The number of nitrogens with zero attached hydrogens (tertiary/aromatic N) is 4. The van der Waals surface area contributed by atoms with E-state index in [1.807, 2.05) is 37.3 Å². The summed E-state index contributed by atoms with van der Waals surface area (Å²) in [6.07, 6.45) is 2.20. The Hall–Kier alpha value is -3.78. The molecule has 0 bridgehead atoms. The van der Waals surface area contributed by atoms with Gasteiger partial charge in [-0.1, -0.05) is 71.8 Å². The van der Waals surface area contributed by atoms with Crippen LogP contribution in [0.2, 0.25) is 0 Å². The third-order valence-electron chi connectivity index (χ3n) is 7.83. The Labute approximate surface area is 236 Å².